The molecule has 1 N–H and O–H groups in total. The first-order valence-electron chi connectivity index (χ1n) is 8.24. The van der Waals surface area contributed by atoms with Gasteiger partial charge in [0, 0.05) is 38.6 Å². The van der Waals surface area contributed by atoms with Crippen LogP contribution in [0, 0.1) is 11.3 Å². The number of nitrogens with one attached hydrogen (secondary N) is 1. The summed E-state index contributed by atoms with van der Waals surface area (Å²) in [6.07, 6.45) is 5.06. The van der Waals surface area contributed by atoms with Crippen LogP contribution in [-0.2, 0) is 0 Å². The van der Waals surface area contributed by atoms with E-state index in [9.17, 15) is 4.79 Å². The number of piperazine rings is 1. The topological polar surface area (TPSA) is 85.2 Å². The fraction of sp³-hybridized carbons (Fsp3) is 0.333. The monoisotopic (exact) mass is 336 g/mol. The number of hydrogen-bond acceptors (Lipinski definition) is 5. The molecule has 25 heavy (non-hydrogen) atoms. The summed E-state index contributed by atoms with van der Waals surface area (Å²) >= 11 is 0. The predicted octanol–water partition coefficient (Wildman–Crippen LogP) is 1.94. The second-order valence-corrected chi connectivity index (χ2v) is 5.94. The van der Waals surface area contributed by atoms with Crippen LogP contribution >= 0.6 is 0 Å². The number of nitriles is 1. The molecule has 1 aliphatic rings. The van der Waals surface area contributed by atoms with Gasteiger partial charge in [0.1, 0.15) is 5.82 Å². The lowest BCUT2D eigenvalue weighted by Gasteiger charge is -2.35. The number of benzene rings is 1. The van der Waals surface area contributed by atoms with E-state index in [1.165, 1.54) is 0 Å². The Morgan fingerprint density at radius 2 is 1.92 bits per heavy atom. The van der Waals surface area contributed by atoms with Crippen LogP contribution < -0.4 is 10.2 Å². The van der Waals surface area contributed by atoms with Gasteiger partial charge in [-0.05, 0) is 24.6 Å². The van der Waals surface area contributed by atoms with Gasteiger partial charge in [0.05, 0.1) is 23.9 Å². The standard InChI is InChI=1S/C18H20N6O/c1-14(16-4-2-15(12-19)3-5-16)22-18(25)24-10-8-23(9-11-24)17-13-20-6-7-21-17/h2-7,13-14H,8-11H2,1H3,(H,22,25)/t14-/m1/s1. The molecule has 2 heterocycles. The number of anilines is 1. The van der Waals surface area contributed by atoms with Crippen molar-refractivity contribution in [2.24, 2.45) is 0 Å². The van der Waals surface area contributed by atoms with Crippen molar-refractivity contribution in [1.82, 2.24) is 20.2 Å². The minimum atomic E-state index is -0.113. The van der Waals surface area contributed by atoms with Crippen LogP contribution in [0.15, 0.2) is 42.9 Å². The molecule has 0 unspecified atom stereocenters. The van der Waals surface area contributed by atoms with E-state index in [-0.39, 0.29) is 12.1 Å². The van der Waals surface area contributed by atoms with Crippen molar-refractivity contribution in [2.75, 3.05) is 31.1 Å². The molecule has 0 spiro atoms. The fourth-order valence-corrected chi connectivity index (χ4v) is 2.80. The van der Waals surface area contributed by atoms with Crippen LogP contribution in [-0.4, -0.2) is 47.1 Å². The van der Waals surface area contributed by atoms with Gasteiger partial charge in [0.15, 0.2) is 0 Å². The van der Waals surface area contributed by atoms with Crippen molar-refractivity contribution in [2.45, 2.75) is 13.0 Å². The Hall–Kier alpha value is -3.14. The van der Waals surface area contributed by atoms with Crippen molar-refractivity contribution >= 4 is 11.8 Å². The molecule has 128 valence electrons. The second-order valence-electron chi connectivity index (χ2n) is 5.94. The molecule has 7 nitrogen and oxygen atoms in total. The first kappa shape index (κ1) is 16.7. The molecule has 1 aliphatic heterocycles. The molecule has 0 bridgehead atoms. The van der Waals surface area contributed by atoms with E-state index in [0.717, 1.165) is 24.5 Å². The Morgan fingerprint density at radius 1 is 1.20 bits per heavy atom. The van der Waals surface area contributed by atoms with Gasteiger partial charge in [-0.3, -0.25) is 4.98 Å². The summed E-state index contributed by atoms with van der Waals surface area (Å²) in [5, 5.41) is 11.9. The predicted molar refractivity (Wildman–Crippen MR) is 93.9 cm³/mol. The number of urea groups is 1. The minimum absolute atomic E-state index is 0.0735. The van der Waals surface area contributed by atoms with Crippen molar-refractivity contribution in [3.8, 4) is 6.07 Å². The normalized spacial score (nSPS) is 15.4. The molecule has 1 fully saturated rings. The van der Waals surface area contributed by atoms with Crippen molar-refractivity contribution in [3.63, 3.8) is 0 Å². The highest BCUT2D eigenvalue weighted by Gasteiger charge is 2.23. The highest BCUT2D eigenvalue weighted by molar-refractivity contribution is 5.75. The number of nitrogens with zero attached hydrogens (tertiary/aromatic N) is 5. The number of carbonyl (C=O) groups is 1. The Morgan fingerprint density at radius 3 is 2.52 bits per heavy atom. The zero-order valence-corrected chi connectivity index (χ0v) is 14.1. The molecule has 2 amide bonds. The molecule has 3 rings (SSSR count). The van der Waals surface area contributed by atoms with Gasteiger partial charge in [0.2, 0.25) is 0 Å². The van der Waals surface area contributed by atoms with Crippen molar-refractivity contribution < 1.29 is 4.79 Å². The maximum Gasteiger partial charge on any atom is 0.317 e. The van der Waals surface area contributed by atoms with E-state index in [2.05, 4.69) is 26.3 Å². The number of carbonyl (C=O) groups excluding carboxylic acids is 1. The maximum atomic E-state index is 12.5. The van der Waals surface area contributed by atoms with Gasteiger partial charge in [-0.1, -0.05) is 12.1 Å². The summed E-state index contributed by atoms with van der Waals surface area (Å²) in [5.41, 5.74) is 1.59. The number of rotatable bonds is 3. The molecule has 0 radical (unpaired) electrons. The van der Waals surface area contributed by atoms with E-state index in [4.69, 9.17) is 5.26 Å². The Kier molecular flexibility index (Phi) is 5.09. The molecule has 0 aliphatic carbocycles. The third-order valence-electron chi connectivity index (χ3n) is 4.32. The smallest absolute Gasteiger partial charge is 0.317 e. The van der Waals surface area contributed by atoms with E-state index in [1.807, 2.05) is 24.0 Å². The summed E-state index contributed by atoms with van der Waals surface area (Å²) in [6, 6.07) is 9.17. The maximum absolute atomic E-state index is 12.5. The van der Waals surface area contributed by atoms with Gasteiger partial charge in [0.25, 0.3) is 0 Å². The summed E-state index contributed by atoms with van der Waals surface area (Å²) < 4.78 is 0. The van der Waals surface area contributed by atoms with E-state index < -0.39 is 0 Å². The first-order valence-corrected chi connectivity index (χ1v) is 8.24. The van der Waals surface area contributed by atoms with Gasteiger partial charge in [-0.2, -0.15) is 5.26 Å². The van der Waals surface area contributed by atoms with E-state index in [1.54, 1.807) is 30.7 Å². The highest BCUT2D eigenvalue weighted by atomic mass is 16.2. The Balaban J connectivity index is 1.53. The molecule has 0 saturated carbocycles. The SMILES string of the molecule is C[C@@H](NC(=O)N1CCN(c2cnccn2)CC1)c1ccc(C#N)cc1. The lowest BCUT2D eigenvalue weighted by atomic mass is 10.1. The summed E-state index contributed by atoms with van der Waals surface area (Å²) in [6.45, 7) is 4.69. The summed E-state index contributed by atoms with van der Waals surface area (Å²) in [4.78, 5) is 24.8. The summed E-state index contributed by atoms with van der Waals surface area (Å²) in [7, 11) is 0. The van der Waals surface area contributed by atoms with E-state index in [0.29, 0.717) is 18.7 Å². The van der Waals surface area contributed by atoms with Crippen LogP contribution in [0.4, 0.5) is 10.6 Å². The van der Waals surface area contributed by atoms with E-state index >= 15 is 0 Å². The zero-order valence-electron chi connectivity index (χ0n) is 14.1. The fourth-order valence-electron chi connectivity index (χ4n) is 2.80. The minimum Gasteiger partial charge on any atom is -0.352 e. The Bertz CT molecular complexity index is 747. The largest absolute Gasteiger partial charge is 0.352 e. The number of aromatic nitrogens is 2. The number of amides is 2. The molecule has 2 aromatic rings. The Labute approximate surface area is 146 Å². The van der Waals surface area contributed by atoms with Gasteiger partial charge in [-0.15, -0.1) is 0 Å². The third-order valence-corrected chi connectivity index (χ3v) is 4.32. The van der Waals surface area contributed by atoms with Gasteiger partial charge >= 0.3 is 6.03 Å². The lowest BCUT2D eigenvalue weighted by Crippen LogP contribution is -2.52. The molecular weight excluding hydrogens is 316 g/mol. The lowest BCUT2D eigenvalue weighted by molar-refractivity contribution is 0.191. The van der Waals surface area contributed by atoms with Crippen molar-refractivity contribution in [3.05, 3.63) is 54.0 Å². The quantitative estimate of drug-likeness (QED) is 0.926. The van der Waals surface area contributed by atoms with Gasteiger partial charge in [-0.25, -0.2) is 9.78 Å². The number of hydrogen-bond donors (Lipinski definition) is 1. The van der Waals surface area contributed by atoms with Crippen LogP contribution in [0.1, 0.15) is 24.1 Å². The van der Waals surface area contributed by atoms with Crippen LogP contribution in [0.5, 0.6) is 0 Å². The molecule has 1 aromatic carbocycles. The molecule has 1 aromatic heterocycles. The highest BCUT2D eigenvalue weighted by Crippen LogP contribution is 2.15. The average molecular weight is 336 g/mol. The molecular formula is C18H20N6O. The zero-order chi connectivity index (χ0) is 17.6. The second kappa shape index (κ2) is 7.62. The average Bonchev–Trinajstić information content (AvgIpc) is 2.68. The van der Waals surface area contributed by atoms with Crippen LogP contribution in [0.25, 0.3) is 0 Å². The molecule has 1 atom stereocenters. The van der Waals surface area contributed by atoms with Gasteiger partial charge < -0.3 is 15.1 Å². The van der Waals surface area contributed by atoms with Crippen molar-refractivity contribution in [1.29, 1.82) is 5.26 Å². The molecule has 1 saturated heterocycles. The third kappa shape index (κ3) is 4.04. The van der Waals surface area contributed by atoms with Crippen LogP contribution in [0.2, 0.25) is 0 Å². The van der Waals surface area contributed by atoms with Crippen LogP contribution in [0.3, 0.4) is 0 Å². The summed E-state index contributed by atoms with van der Waals surface area (Å²) in [5.74, 6) is 0.841. The first-order chi connectivity index (χ1) is 12.2. The molecule has 7 heteroatoms.